The third-order valence-electron chi connectivity index (χ3n) is 2.32. The van der Waals surface area contributed by atoms with Crippen LogP contribution in [0.4, 0.5) is 0 Å². The lowest BCUT2D eigenvalue weighted by atomic mass is 10.2. The number of carbonyl (C=O) groups excluding carboxylic acids is 1. The van der Waals surface area contributed by atoms with Gasteiger partial charge >= 0.3 is 0 Å². The molecule has 0 unspecified atom stereocenters. The van der Waals surface area contributed by atoms with Crippen LogP contribution < -0.4 is 0 Å². The van der Waals surface area contributed by atoms with Crippen LogP contribution >= 0.6 is 0 Å². The van der Waals surface area contributed by atoms with Gasteiger partial charge in [0, 0.05) is 26.6 Å². The SMILES string of the molecule is CCCCCN(C)C(=O)CCCCO. The second-order valence-corrected chi connectivity index (χ2v) is 3.70. The minimum Gasteiger partial charge on any atom is -0.396 e. The zero-order chi connectivity index (χ0) is 10.8. The Kier molecular flexibility index (Phi) is 8.64. The van der Waals surface area contributed by atoms with E-state index < -0.39 is 0 Å². The molecule has 1 amide bonds. The van der Waals surface area contributed by atoms with Gasteiger partial charge in [-0.15, -0.1) is 0 Å². The summed E-state index contributed by atoms with van der Waals surface area (Å²) in [5.74, 6) is 0.203. The maximum Gasteiger partial charge on any atom is 0.222 e. The molecule has 0 aromatic rings. The van der Waals surface area contributed by atoms with E-state index in [1.54, 1.807) is 4.90 Å². The van der Waals surface area contributed by atoms with Crippen molar-refractivity contribution in [1.29, 1.82) is 0 Å². The summed E-state index contributed by atoms with van der Waals surface area (Å²) >= 11 is 0. The van der Waals surface area contributed by atoms with E-state index in [4.69, 9.17) is 5.11 Å². The zero-order valence-electron chi connectivity index (χ0n) is 9.46. The fourth-order valence-corrected chi connectivity index (χ4v) is 1.30. The van der Waals surface area contributed by atoms with Gasteiger partial charge in [-0.2, -0.15) is 0 Å². The molecule has 84 valence electrons. The van der Waals surface area contributed by atoms with Crippen LogP contribution in [0.1, 0.15) is 45.4 Å². The molecular weight excluding hydrogens is 178 g/mol. The van der Waals surface area contributed by atoms with Crippen LogP contribution in [-0.4, -0.2) is 36.1 Å². The smallest absolute Gasteiger partial charge is 0.222 e. The second-order valence-electron chi connectivity index (χ2n) is 3.70. The quantitative estimate of drug-likeness (QED) is 0.608. The Labute approximate surface area is 87.1 Å². The van der Waals surface area contributed by atoms with E-state index in [0.717, 1.165) is 25.8 Å². The van der Waals surface area contributed by atoms with Crippen molar-refractivity contribution in [2.45, 2.75) is 45.4 Å². The number of unbranched alkanes of at least 4 members (excludes halogenated alkanes) is 3. The summed E-state index contributed by atoms with van der Waals surface area (Å²) in [5, 5.41) is 8.57. The van der Waals surface area contributed by atoms with Crippen LogP contribution in [0.15, 0.2) is 0 Å². The average Bonchev–Trinajstić information content (AvgIpc) is 2.18. The Bertz CT molecular complexity index is 148. The Morgan fingerprint density at radius 1 is 1.21 bits per heavy atom. The normalized spacial score (nSPS) is 10.2. The number of aliphatic hydroxyl groups excluding tert-OH is 1. The van der Waals surface area contributed by atoms with Crippen LogP contribution in [0, 0.1) is 0 Å². The molecule has 0 saturated heterocycles. The van der Waals surface area contributed by atoms with Gasteiger partial charge in [0.15, 0.2) is 0 Å². The second kappa shape index (κ2) is 9.00. The average molecular weight is 201 g/mol. The highest BCUT2D eigenvalue weighted by atomic mass is 16.2. The summed E-state index contributed by atoms with van der Waals surface area (Å²) < 4.78 is 0. The highest BCUT2D eigenvalue weighted by Crippen LogP contribution is 2.01. The summed E-state index contributed by atoms with van der Waals surface area (Å²) in [7, 11) is 1.86. The van der Waals surface area contributed by atoms with E-state index in [1.165, 1.54) is 12.8 Å². The lowest BCUT2D eigenvalue weighted by Crippen LogP contribution is -2.27. The van der Waals surface area contributed by atoms with Crippen molar-refractivity contribution in [2.24, 2.45) is 0 Å². The molecule has 0 saturated carbocycles. The number of aliphatic hydroxyl groups is 1. The first-order chi connectivity index (χ1) is 6.72. The molecular formula is C11H23NO2. The maximum absolute atomic E-state index is 11.5. The minimum absolute atomic E-state index is 0.187. The first kappa shape index (κ1) is 13.4. The van der Waals surface area contributed by atoms with E-state index >= 15 is 0 Å². The molecule has 3 nitrogen and oxygen atoms in total. The molecule has 0 radical (unpaired) electrons. The Balaban J connectivity index is 3.44. The van der Waals surface area contributed by atoms with Crippen molar-refractivity contribution < 1.29 is 9.90 Å². The molecule has 1 N–H and O–H groups in total. The molecule has 0 aliphatic heterocycles. The number of amides is 1. The van der Waals surface area contributed by atoms with Crippen LogP contribution in [-0.2, 0) is 4.79 Å². The van der Waals surface area contributed by atoms with Gasteiger partial charge in [0.05, 0.1) is 0 Å². The molecule has 0 fully saturated rings. The van der Waals surface area contributed by atoms with Crippen molar-refractivity contribution in [2.75, 3.05) is 20.2 Å². The molecule has 0 aliphatic carbocycles. The number of hydrogen-bond donors (Lipinski definition) is 1. The van der Waals surface area contributed by atoms with E-state index in [9.17, 15) is 4.79 Å². The first-order valence-corrected chi connectivity index (χ1v) is 5.57. The van der Waals surface area contributed by atoms with E-state index in [2.05, 4.69) is 6.92 Å². The van der Waals surface area contributed by atoms with Gasteiger partial charge in [0.2, 0.25) is 5.91 Å². The molecule has 0 atom stereocenters. The van der Waals surface area contributed by atoms with Crippen molar-refractivity contribution in [3.8, 4) is 0 Å². The van der Waals surface area contributed by atoms with Gasteiger partial charge in [-0.1, -0.05) is 19.8 Å². The highest BCUT2D eigenvalue weighted by Gasteiger charge is 2.06. The van der Waals surface area contributed by atoms with Crippen LogP contribution in [0.25, 0.3) is 0 Å². The summed E-state index contributed by atoms with van der Waals surface area (Å²) in [6, 6.07) is 0. The van der Waals surface area contributed by atoms with E-state index in [0.29, 0.717) is 6.42 Å². The van der Waals surface area contributed by atoms with Gasteiger partial charge in [0.25, 0.3) is 0 Å². The first-order valence-electron chi connectivity index (χ1n) is 5.57. The minimum atomic E-state index is 0.187. The predicted octanol–water partition coefficient (Wildman–Crippen LogP) is 1.80. The lowest BCUT2D eigenvalue weighted by Gasteiger charge is -2.16. The summed E-state index contributed by atoms with van der Waals surface area (Å²) in [6.07, 6.45) is 5.57. The maximum atomic E-state index is 11.5. The van der Waals surface area contributed by atoms with Crippen LogP contribution in [0.5, 0.6) is 0 Å². The fourth-order valence-electron chi connectivity index (χ4n) is 1.30. The summed E-state index contributed by atoms with van der Waals surface area (Å²) in [5.41, 5.74) is 0. The molecule has 0 spiro atoms. The molecule has 0 aliphatic rings. The third-order valence-corrected chi connectivity index (χ3v) is 2.32. The molecule has 14 heavy (non-hydrogen) atoms. The van der Waals surface area contributed by atoms with E-state index in [-0.39, 0.29) is 12.5 Å². The Morgan fingerprint density at radius 2 is 1.93 bits per heavy atom. The standard InChI is InChI=1S/C11H23NO2/c1-3-4-6-9-12(2)11(14)8-5-7-10-13/h13H,3-10H2,1-2H3. The van der Waals surface area contributed by atoms with Crippen LogP contribution in [0.2, 0.25) is 0 Å². The van der Waals surface area contributed by atoms with Crippen molar-refractivity contribution in [3.63, 3.8) is 0 Å². The Morgan fingerprint density at radius 3 is 2.50 bits per heavy atom. The molecule has 3 heteroatoms. The topological polar surface area (TPSA) is 40.5 Å². The van der Waals surface area contributed by atoms with Gasteiger partial charge in [-0.25, -0.2) is 0 Å². The predicted molar refractivity (Wildman–Crippen MR) is 58.1 cm³/mol. The molecule has 0 rings (SSSR count). The molecule has 0 heterocycles. The van der Waals surface area contributed by atoms with E-state index in [1.807, 2.05) is 7.05 Å². The number of hydrogen-bond acceptors (Lipinski definition) is 2. The molecule has 0 bridgehead atoms. The highest BCUT2D eigenvalue weighted by molar-refractivity contribution is 5.75. The molecule has 0 aromatic carbocycles. The third kappa shape index (κ3) is 6.89. The number of nitrogens with zero attached hydrogens (tertiary/aromatic N) is 1. The van der Waals surface area contributed by atoms with Crippen molar-refractivity contribution >= 4 is 5.91 Å². The van der Waals surface area contributed by atoms with Gasteiger partial charge in [0.1, 0.15) is 0 Å². The lowest BCUT2D eigenvalue weighted by molar-refractivity contribution is -0.130. The van der Waals surface area contributed by atoms with Gasteiger partial charge in [-0.3, -0.25) is 4.79 Å². The largest absolute Gasteiger partial charge is 0.396 e. The summed E-state index contributed by atoms with van der Waals surface area (Å²) in [6.45, 7) is 3.21. The summed E-state index contributed by atoms with van der Waals surface area (Å²) in [4.78, 5) is 13.3. The monoisotopic (exact) mass is 201 g/mol. The molecule has 0 aromatic heterocycles. The Hall–Kier alpha value is -0.570. The van der Waals surface area contributed by atoms with Gasteiger partial charge in [-0.05, 0) is 19.3 Å². The van der Waals surface area contributed by atoms with Gasteiger partial charge < -0.3 is 10.0 Å². The zero-order valence-corrected chi connectivity index (χ0v) is 9.46. The number of rotatable bonds is 8. The van der Waals surface area contributed by atoms with Crippen LogP contribution in [0.3, 0.4) is 0 Å². The van der Waals surface area contributed by atoms with Crippen molar-refractivity contribution in [1.82, 2.24) is 4.90 Å². The fraction of sp³-hybridized carbons (Fsp3) is 0.909. The number of carbonyl (C=O) groups is 1. The van der Waals surface area contributed by atoms with Crippen molar-refractivity contribution in [3.05, 3.63) is 0 Å².